The fraction of sp³-hybridized carbons (Fsp3) is 0.857. The van der Waals surface area contributed by atoms with Gasteiger partial charge in [-0.15, -0.1) is 0 Å². The third-order valence-electron chi connectivity index (χ3n) is 4.86. The average molecular weight is 265 g/mol. The van der Waals surface area contributed by atoms with E-state index in [1.165, 1.54) is 32.1 Å². The van der Waals surface area contributed by atoms with Crippen molar-refractivity contribution in [1.29, 1.82) is 0 Å². The van der Waals surface area contributed by atoms with Gasteiger partial charge in [0.2, 0.25) is 5.91 Å². The smallest absolute Gasteiger partial charge is 0.317 e. The minimum absolute atomic E-state index is 0.0514. The fourth-order valence-electron chi connectivity index (χ4n) is 3.68. The second kappa shape index (κ2) is 5.02. The van der Waals surface area contributed by atoms with Crippen molar-refractivity contribution in [3.8, 4) is 0 Å². The molecule has 1 unspecified atom stereocenters. The summed E-state index contributed by atoms with van der Waals surface area (Å²) in [5.74, 6) is 0.366. The molecule has 5 heteroatoms. The Balaban J connectivity index is 1.39. The molecule has 0 radical (unpaired) electrons. The van der Waals surface area contributed by atoms with Gasteiger partial charge >= 0.3 is 6.03 Å². The maximum atomic E-state index is 12.0. The Morgan fingerprint density at radius 2 is 2.05 bits per heavy atom. The van der Waals surface area contributed by atoms with Crippen LogP contribution in [0.25, 0.3) is 0 Å². The van der Waals surface area contributed by atoms with Crippen LogP contribution in [0, 0.1) is 11.3 Å². The Labute approximate surface area is 114 Å². The van der Waals surface area contributed by atoms with Gasteiger partial charge in [0.15, 0.2) is 0 Å². The molecule has 0 aromatic carbocycles. The van der Waals surface area contributed by atoms with Gasteiger partial charge < -0.3 is 15.5 Å². The SMILES string of the molecule is O=C1CC(CNC(=O)N2CC3(CCCCC3)C2)CN1. The van der Waals surface area contributed by atoms with Crippen molar-refractivity contribution >= 4 is 11.9 Å². The zero-order chi connectivity index (χ0) is 13.3. The highest BCUT2D eigenvalue weighted by molar-refractivity contribution is 5.79. The number of hydrogen-bond donors (Lipinski definition) is 2. The minimum Gasteiger partial charge on any atom is -0.356 e. The quantitative estimate of drug-likeness (QED) is 0.785. The van der Waals surface area contributed by atoms with E-state index in [-0.39, 0.29) is 17.9 Å². The Hall–Kier alpha value is -1.26. The van der Waals surface area contributed by atoms with Crippen molar-refractivity contribution in [2.45, 2.75) is 38.5 Å². The van der Waals surface area contributed by atoms with Crippen molar-refractivity contribution in [2.75, 3.05) is 26.2 Å². The summed E-state index contributed by atoms with van der Waals surface area (Å²) in [7, 11) is 0. The van der Waals surface area contributed by atoms with Crippen molar-refractivity contribution in [1.82, 2.24) is 15.5 Å². The van der Waals surface area contributed by atoms with Gasteiger partial charge in [-0.2, -0.15) is 0 Å². The first-order chi connectivity index (χ1) is 9.17. The lowest BCUT2D eigenvalue weighted by molar-refractivity contribution is -0.119. The second-order valence-electron chi connectivity index (χ2n) is 6.48. The largest absolute Gasteiger partial charge is 0.356 e. The molecule has 2 aliphatic heterocycles. The van der Waals surface area contributed by atoms with E-state index in [4.69, 9.17) is 0 Å². The van der Waals surface area contributed by atoms with Crippen LogP contribution < -0.4 is 10.6 Å². The Bertz CT molecular complexity index is 369. The average Bonchev–Trinajstić information content (AvgIpc) is 2.80. The lowest BCUT2D eigenvalue weighted by Crippen LogP contribution is -2.61. The van der Waals surface area contributed by atoms with E-state index in [0.29, 0.717) is 24.9 Å². The van der Waals surface area contributed by atoms with Crippen molar-refractivity contribution in [3.63, 3.8) is 0 Å². The van der Waals surface area contributed by atoms with Crippen LogP contribution in [-0.4, -0.2) is 43.0 Å². The highest BCUT2D eigenvalue weighted by Crippen LogP contribution is 2.43. The number of nitrogens with one attached hydrogen (secondary N) is 2. The van der Waals surface area contributed by atoms with Crippen molar-refractivity contribution in [2.24, 2.45) is 11.3 Å². The first-order valence-corrected chi connectivity index (χ1v) is 7.46. The van der Waals surface area contributed by atoms with Crippen molar-refractivity contribution in [3.05, 3.63) is 0 Å². The molecule has 2 N–H and O–H groups in total. The molecule has 1 aliphatic carbocycles. The van der Waals surface area contributed by atoms with Gasteiger partial charge in [0.1, 0.15) is 0 Å². The summed E-state index contributed by atoms with van der Waals surface area (Å²) in [6, 6.07) is 0.0514. The van der Waals surface area contributed by atoms with Crippen LogP contribution in [-0.2, 0) is 4.79 Å². The Morgan fingerprint density at radius 1 is 1.32 bits per heavy atom. The number of carbonyl (C=O) groups is 2. The molecular weight excluding hydrogens is 242 g/mol. The van der Waals surface area contributed by atoms with Gasteiger partial charge in [0.05, 0.1) is 0 Å². The highest BCUT2D eigenvalue weighted by atomic mass is 16.2. The van der Waals surface area contributed by atoms with E-state index in [1.807, 2.05) is 4.90 Å². The van der Waals surface area contributed by atoms with Gasteiger partial charge in [0.25, 0.3) is 0 Å². The van der Waals surface area contributed by atoms with Crippen LogP contribution in [0.2, 0.25) is 0 Å². The maximum absolute atomic E-state index is 12.0. The molecular formula is C14H23N3O2. The summed E-state index contributed by atoms with van der Waals surface area (Å²) < 4.78 is 0. The zero-order valence-electron chi connectivity index (χ0n) is 11.4. The standard InChI is InChI=1S/C14H23N3O2/c18-12-6-11(7-15-12)8-16-13(19)17-9-14(10-17)4-2-1-3-5-14/h11H,1-10H2,(H,15,18)(H,16,19). The number of carbonyl (C=O) groups excluding carboxylic acids is 2. The molecule has 1 atom stereocenters. The molecule has 3 aliphatic rings. The van der Waals surface area contributed by atoms with Gasteiger partial charge in [-0.05, 0) is 12.8 Å². The molecule has 2 heterocycles. The summed E-state index contributed by atoms with van der Waals surface area (Å²) in [6.45, 7) is 3.17. The molecule has 0 bridgehead atoms. The molecule has 0 aromatic rings. The van der Waals surface area contributed by atoms with E-state index in [1.54, 1.807) is 0 Å². The topological polar surface area (TPSA) is 61.4 Å². The molecule has 1 saturated carbocycles. The summed E-state index contributed by atoms with van der Waals surface area (Å²) in [5, 5.41) is 5.76. The van der Waals surface area contributed by atoms with E-state index in [9.17, 15) is 9.59 Å². The Morgan fingerprint density at radius 3 is 2.68 bits per heavy atom. The number of rotatable bonds is 2. The summed E-state index contributed by atoms with van der Waals surface area (Å²) in [4.78, 5) is 25.0. The molecule has 3 fully saturated rings. The summed E-state index contributed by atoms with van der Waals surface area (Å²) in [5.41, 5.74) is 0.445. The van der Waals surface area contributed by atoms with E-state index in [2.05, 4.69) is 10.6 Å². The molecule has 19 heavy (non-hydrogen) atoms. The number of likely N-dealkylation sites (tertiary alicyclic amines) is 1. The number of urea groups is 1. The minimum atomic E-state index is 0.0514. The molecule has 2 saturated heterocycles. The maximum Gasteiger partial charge on any atom is 0.317 e. The van der Waals surface area contributed by atoms with Crippen LogP contribution in [0.4, 0.5) is 4.79 Å². The van der Waals surface area contributed by atoms with Gasteiger partial charge in [0, 0.05) is 43.9 Å². The Kier molecular flexibility index (Phi) is 3.37. The van der Waals surface area contributed by atoms with Crippen LogP contribution in [0.1, 0.15) is 38.5 Å². The first-order valence-electron chi connectivity index (χ1n) is 7.46. The van der Waals surface area contributed by atoms with Crippen LogP contribution >= 0.6 is 0 Å². The van der Waals surface area contributed by atoms with Gasteiger partial charge in [-0.1, -0.05) is 19.3 Å². The van der Waals surface area contributed by atoms with Crippen LogP contribution in [0.3, 0.4) is 0 Å². The second-order valence-corrected chi connectivity index (χ2v) is 6.48. The normalized spacial score (nSPS) is 28.9. The number of hydrogen-bond acceptors (Lipinski definition) is 2. The first kappa shape index (κ1) is 12.8. The molecule has 5 nitrogen and oxygen atoms in total. The van der Waals surface area contributed by atoms with E-state index < -0.39 is 0 Å². The predicted molar refractivity (Wildman–Crippen MR) is 71.6 cm³/mol. The monoisotopic (exact) mass is 265 g/mol. The molecule has 3 rings (SSSR count). The fourth-order valence-corrected chi connectivity index (χ4v) is 3.68. The summed E-state index contributed by atoms with van der Waals surface area (Å²) >= 11 is 0. The van der Waals surface area contributed by atoms with Gasteiger partial charge in [-0.3, -0.25) is 4.79 Å². The third kappa shape index (κ3) is 2.69. The van der Waals surface area contributed by atoms with Crippen molar-refractivity contribution < 1.29 is 9.59 Å². The van der Waals surface area contributed by atoms with Crippen LogP contribution in [0.5, 0.6) is 0 Å². The summed E-state index contributed by atoms with van der Waals surface area (Å²) in [6.07, 6.45) is 7.13. The molecule has 0 aromatic heterocycles. The molecule has 106 valence electrons. The van der Waals surface area contributed by atoms with Crippen LogP contribution in [0.15, 0.2) is 0 Å². The molecule has 1 spiro atoms. The lowest BCUT2D eigenvalue weighted by atomic mass is 9.69. The highest BCUT2D eigenvalue weighted by Gasteiger charge is 2.45. The number of amides is 3. The van der Waals surface area contributed by atoms with E-state index >= 15 is 0 Å². The third-order valence-corrected chi connectivity index (χ3v) is 4.86. The lowest BCUT2D eigenvalue weighted by Gasteiger charge is -2.52. The van der Waals surface area contributed by atoms with E-state index in [0.717, 1.165) is 13.1 Å². The van der Waals surface area contributed by atoms with Gasteiger partial charge in [-0.25, -0.2) is 4.79 Å². The predicted octanol–water partition coefficient (Wildman–Crippen LogP) is 1.10. The molecule has 3 amide bonds. The zero-order valence-corrected chi connectivity index (χ0v) is 11.4. The number of nitrogens with zero attached hydrogens (tertiary/aromatic N) is 1.